The number of hydrogen-bond acceptors (Lipinski definition) is 2. The van der Waals surface area contributed by atoms with E-state index in [0.717, 1.165) is 0 Å². The van der Waals surface area contributed by atoms with E-state index in [1.807, 2.05) is 0 Å². The van der Waals surface area contributed by atoms with Gasteiger partial charge in [-0.2, -0.15) is 0 Å². The normalized spacial score (nSPS) is 10.3. The Labute approximate surface area is 119 Å². The maximum Gasteiger partial charge on any atom is 0.155 e. The molecule has 0 radical (unpaired) electrons. The van der Waals surface area contributed by atoms with Crippen molar-refractivity contribution in [2.45, 2.75) is 6.61 Å². The Hall–Kier alpha value is -1.58. The van der Waals surface area contributed by atoms with Gasteiger partial charge in [-0.05, 0) is 18.2 Å². The Bertz CT molecular complexity index is 614. The first kappa shape index (κ1) is 13.8. The SMILES string of the molecule is O=Cc1c(Cl)cccc1OCc1cccc(Cl)c1F. The Morgan fingerprint density at radius 1 is 1.11 bits per heavy atom. The maximum atomic E-state index is 13.7. The number of ether oxygens (including phenoxy) is 1. The van der Waals surface area contributed by atoms with Crippen LogP contribution >= 0.6 is 23.2 Å². The molecule has 98 valence electrons. The first-order chi connectivity index (χ1) is 9.13. The molecule has 0 N–H and O–H groups in total. The van der Waals surface area contributed by atoms with Gasteiger partial charge in [0.2, 0.25) is 0 Å². The molecule has 2 aromatic carbocycles. The molecular weight excluding hydrogens is 290 g/mol. The zero-order valence-corrected chi connectivity index (χ0v) is 11.2. The monoisotopic (exact) mass is 298 g/mol. The largest absolute Gasteiger partial charge is 0.488 e. The number of halogens is 3. The third-order valence-corrected chi connectivity index (χ3v) is 3.17. The highest BCUT2D eigenvalue weighted by atomic mass is 35.5. The minimum atomic E-state index is -0.529. The van der Waals surface area contributed by atoms with Crippen LogP contribution in [0.1, 0.15) is 15.9 Å². The van der Waals surface area contributed by atoms with Crippen molar-refractivity contribution in [2.24, 2.45) is 0 Å². The zero-order valence-electron chi connectivity index (χ0n) is 9.70. The summed E-state index contributed by atoms with van der Waals surface area (Å²) in [4.78, 5) is 10.9. The summed E-state index contributed by atoms with van der Waals surface area (Å²) < 4.78 is 19.1. The maximum absolute atomic E-state index is 13.7. The van der Waals surface area contributed by atoms with Crippen molar-refractivity contribution in [3.05, 3.63) is 63.4 Å². The molecule has 0 unspecified atom stereocenters. The lowest BCUT2D eigenvalue weighted by Gasteiger charge is -2.10. The van der Waals surface area contributed by atoms with E-state index in [1.165, 1.54) is 6.07 Å². The van der Waals surface area contributed by atoms with Gasteiger partial charge in [0, 0.05) is 5.56 Å². The van der Waals surface area contributed by atoms with Crippen LogP contribution in [-0.4, -0.2) is 6.29 Å². The highest BCUT2D eigenvalue weighted by Gasteiger charge is 2.10. The summed E-state index contributed by atoms with van der Waals surface area (Å²) in [7, 11) is 0. The van der Waals surface area contributed by atoms with Crippen LogP contribution in [0.3, 0.4) is 0 Å². The molecule has 0 amide bonds. The van der Waals surface area contributed by atoms with Gasteiger partial charge in [0.05, 0.1) is 15.6 Å². The molecule has 0 aliphatic carbocycles. The molecule has 0 bridgehead atoms. The third-order valence-electron chi connectivity index (χ3n) is 2.55. The van der Waals surface area contributed by atoms with E-state index >= 15 is 0 Å². The summed E-state index contributed by atoms with van der Waals surface area (Å²) in [5.74, 6) is -0.222. The number of hydrogen-bond donors (Lipinski definition) is 0. The van der Waals surface area contributed by atoms with E-state index in [9.17, 15) is 9.18 Å². The molecule has 0 aromatic heterocycles. The van der Waals surface area contributed by atoms with E-state index in [-0.39, 0.29) is 17.2 Å². The van der Waals surface area contributed by atoms with Gasteiger partial charge in [0.1, 0.15) is 18.2 Å². The summed E-state index contributed by atoms with van der Waals surface area (Å²) in [6.07, 6.45) is 0.603. The first-order valence-electron chi connectivity index (χ1n) is 5.43. The van der Waals surface area contributed by atoms with Crippen molar-refractivity contribution in [1.29, 1.82) is 0 Å². The molecule has 2 aromatic rings. The second-order valence-electron chi connectivity index (χ2n) is 3.77. The average Bonchev–Trinajstić information content (AvgIpc) is 2.40. The fourth-order valence-electron chi connectivity index (χ4n) is 1.57. The average molecular weight is 299 g/mol. The van der Waals surface area contributed by atoms with Crippen molar-refractivity contribution in [1.82, 2.24) is 0 Å². The molecule has 5 heteroatoms. The molecule has 0 aliphatic heterocycles. The lowest BCUT2D eigenvalue weighted by Crippen LogP contribution is -2.01. The summed E-state index contributed by atoms with van der Waals surface area (Å²) in [5, 5.41) is 0.321. The Kier molecular flexibility index (Phi) is 4.40. The third kappa shape index (κ3) is 3.06. The van der Waals surface area contributed by atoms with Crippen LogP contribution in [0.15, 0.2) is 36.4 Å². The number of carbonyl (C=O) groups is 1. The number of rotatable bonds is 4. The lowest BCUT2D eigenvalue weighted by atomic mass is 10.2. The van der Waals surface area contributed by atoms with Crippen molar-refractivity contribution >= 4 is 29.5 Å². The van der Waals surface area contributed by atoms with Crippen molar-refractivity contribution in [3.63, 3.8) is 0 Å². The van der Waals surface area contributed by atoms with Gasteiger partial charge in [0.15, 0.2) is 6.29 Å². The molecule has 0 saturated heterocycles. The summed E-state index contributed by atoms with van der Waals surface area (Å²) in [6, 6.07) is 9.47. The second kappa shape index (κ2) is 6.04. The van der Waals surface area contributed by atoms with Gasteiger partial charge in [-0.25, -0.2) is 4.39 Å². The molecule has 0 fully saturated rings. The Balaban J connectivity index is 2.21. The van der Waals surface area contributed by atoms with Gasteiger partial charge >= 0.3 is 0 Å². The molecule has 19 heavy (non-hydrogen) atoms. The summed E-state index contributed by atoms with van der Waals surface area (Å²) >= 11 is 11.5. The van der Waals surface area contributed by atoms with Crippen LogP contribution in [0.4, 0.5) is 4.39 Å². The van der Waals surface area contributed by atoms with Crippen LogP contribution in [0, 0.1) is 5.82 Å². The summed E-state index contributed by atoms with van der Waals surface area (Å²) in [6.45, 7) is -0.0342. The minimum absolute atomic E-state index is 0.0304. The predicted octanol–water partition coefficient (Wildman–Crippen LogP) is 4.52. The van der Waals surface area contributed by atoms with Crippen molar-refractivity contribution < 1.29 is 13.9 Å². The number of carbonyl (C=O) groups excluding carboxylic acids is 1. The second-order valence-corrected chi connectivity index (χ2v) is 4.59. The fourth-order valence-corrected chi connectivity index (χ4v) is 1.98. The van der Waals surface area contributed by atoms with Gasteiger partial charge in [0.25, 0.3) is 0 Å². The Morgan fingerprint density at radius 3 is 2.53 bits per heavy atom. The van der Waals surface area contributed by atoms with Gasteiger partial charge in [-0.15, -0.1) is 0 Å². The van der Waals surface area contributed by atoms with Gasteiger partial charge in [-0.3, -0.25) is 4.79 Å². The Morgan fingerprint density at radius 2 is 1.79 bits per heavy atom. The quantitative estimate of drug-likeness (QED) is 0.776. The van der Waals surface area contributed by atoms with E-state index < -0.39 is 5.82 Å². The molecule has 0 heterocycles. The molecule has 0 aliphatic rings. The standard InChI is InChI=1S/C14H9Cl2FO2/c15-11-4-2-6-13(10(11)7-18)19-8-9-3-1-5-12(16)14(9)17/h1-7H,8H2. The smallest absolute Gasteiger partial charge is 0.155 e. The van der Waals surface area contributed by atoms with Gasteiger partial charge < -0.3 is 4.74 Å². The molecule has 2 rings (SSSR count). The first-order valence-corrected chi connectivity index (χ1v) is 6.18. The molecule has 0 atom stereocenters. The van der Waals surface area contributed by atoms with E-state index in [2.05, 4.69) is 0 Å². The molecule has 0 spiro atoms. The zero-order chi connectivity index (χ0) is 13.8. The van der Waals surface area contributed by atoms with Crippen LogP contribution in [0.2, 0.25) is 10.0 Å². The van der Waals surface area contributed by atoms with E-state index in [1.54, 1.807) is 30.3 Å². The number of aldehydes is 1. The molecule has 0 saturated carbocycles. The van der Waals surface area contributed by atoms with Crippen molar-refractivity contribution in [2.75, 3.05) is 0 Å². The molecular formula is C14H9Cl2FO2. The minimum Gasteiger partial charge on any atom is -0.488 e. The fraction of sp³-hybridized carbons (Fsp3) is 0.0714. The van der Waals surface area contributed by atoms with Crippen molar-refractivity contribution in [3.8, 4) is 5.75 Å². The van der Waals surface area contributed by atoms with Crippen LogP contribution in [0.5, 0.6) is 5.75 Å². The summed E-state index contributed by atoms with van der Waals surface area (Å²) in [5.41, 5.74) is 0.552. The predicted molar refractivity (Wildman–Crippen MR) is 72.6 cm³/mol. The topological polar surface area (TPSA) is 26.3 Å². The highest BCUT2D eigenvalue weighted by Crippen LogP contribution is 2.26. The number of benzene rings is 2. The highest BCUT2D eigenvalue weighted by molar-refractivity contribution is 6.33. The van der Waals surface area contributed by atoms with Crippen LogP contribution in [-0.2, 0) is 6.61 Å². The van der Waals surface area contributed by atoms with E-state index in [4.69, 9.17) is 27.9 Å². The van der Waals surface area contributed by atoms with Crippen LogP contribution in [0.25, 0.3) is 0 Å². The molecule has 2 nitrogen and oxygen atoms in total. The lowest BCUT2D eigenvalue weighted by molar-refractivity contribution is 0.111. The van der Waals surface area contributed by atoms with Crippen LogP contribution < -0.4 is 4.74 Å². The van der Waals surface area contributed by atoms with E-state index in [0.29, 0.717) is 22.6 Å². The van der Waals surface area contributed by atoms with Gasteiger partial charge in [-0.1, -0.05) is 41.4 Å².